The van der Waals surface area contributed by atoms with E-state index in [0.29, 0.717) is 11.4 Å². The minimum atomic E-state index is -4.39. The maximum Gasteiger partial charge on any atom is 0.416 e. The summed E-state index contributed by atoms with van der Waals surface area (Å²) in [5.74, 6) is 0.409. The topological polar surface area (TPSA) is 96.6 Å². The molecule has 3 aromatic rings. The number of aryl methyl sites for hydroxylation is 1. The van der Waals surface area contributed by atoms with Gasteiger partial charge in [0.1, 0.15) is 12.1 Å². The van der Waals surface area contributed by atoms with Crippen molar-refractivity contribution in [3.63, 3.8) is 0 Å². The van der Waals surface area contributed by atoms with Crippen LogP contribution in [0.4, 0.5) is 24.5 Å². The number of hydrogen-bond donors (Lipinski definition) is 3. The van der Waals surface area contributed by atoms with E-state index in [1.54, 1.807) is 12.1 Å². The third-order valence-corrected chi connectivity index (χ3v) is 5.14. The number of amidine groups is 1. The average Bonchev–Trinajstić information content (AvgIpc) is 2.89. The lowest BCUT2D eigenvalue weighted by Gasteiger charge is -2.08. The van der Waals surface area contributed by atoms with Crippen LogP contribution in [-0.2, 0) is 16.9 Å². The number of halogens is 5. The summed E-state index contributed by atoms with van der Waals surface area (Å²) in [6.07, 6.45) is -0.758. The van der Waals surface area contributed by atoms with Crippen LogP contribution in [0.2, 0.25) is 5.02 Å². The summed E-state index contributed by atoms with van der Waals surface area (Å²) in [7, 11) is 1.90. The van der Waals surface area contributed by atoms with Crippen molar-refractivity contribution in [1.82, 2.24) is 0 Å². The van der Waals surface area contributed by atoms with Gasteiger partial charge in [0, 0.05) is 41.1 Å². The van der Waals surface area contributed by atoms with E-state index in [-0.39, 0.29) is 17.9 Å². The molecule has 0 fully saturated rings. The standard InChI is InChI=1S/C11H10F3N3O.C8H10ClN.C8H7ClO/c12-11(13,14)8-2-1-3-9(6-8)16-5-4-10(15)17-7-18;1-6-5-7(9)3-4-8(6)10-2;9-5-7-2-1-3-8(4-7)6-10/h1-7,16H,(H2,15,17,18);3-5,10H,1-2H3;1-4,6H,5H2/b5-4-;;. The SMILES string of the molecule is CNc1ccc(Cl)cc1C.NC(/C=C\Nc1cccc(C(F)(F)F)c1)=NC=O.O=Cc1cccc(CCl)c1. The van der Waals surface area contributed by atoms with Crippen LogP contribution in [0, 0.1) is 6.92 Å². The minimum absolute atomic E-state index is 0.0514. The maximum absolute atomic E-state index is 12.4. The molecule has 0 spiro atoms. The van der Waals surface area contributed by atoms with Crippen molar-refractivity contribution in [1.29, 1.82) is 0 Å². The van der Waals surface area contributed by atoms with Crippen molar-refractivity contribution in [2.24, 2.45) is 10.7 Å². The van der Waals surface area contributed by atoms with Gasteiger partial charge in [0.25, 0.3) is 0 Å². The zero-order valence-corrected chi connectivity index (χ0v) is 22.1. The van der Waals surface area contributed by atoms with Crippen LogP contribution in [-0.4, -0.2) is 25.6 Å². The highest BCUT2D eigenvalue weighted by atomic mass is 35.5. The van der Waals surface area contributed by atoms with Crippen LogP contribution in [0.3, 0.4) is 0 Å². The van der Waals surface area contributed by atoms with Gasteiger partial charge in [-0.25, -0.2) is 0 Å². The van der Waals surface area contributed by atoms with Crippen LogP contribution in [0.1, 0.15) is 27.0 Å². The first-order valence-corrected chi connectivity index (χ1v) is 11.9. The molecule has 0 aliphatic heterocycles. The van der Waals surface area contributed by atoms with Gasteiger partial charge in [-0.05, 0) is 66.6 Å². The number of carbonyl (C=O) groups excluding carboxylic acids is 2. The summed E-state index contributed by atoms with van der Waals surface area (Å²) in [5.41, 5.74) is 8.72. The Balaban J connectivity index is 0.000000307. The van der Waals surface area contributed by atoms with Crippen molar-refractivity contribution in [2.75, 3.05) is 17.7 Å². The summed E-state index contributed by atoms with van der Waals surface area (Å²) in [6.45, 7) is 2.03. The molecule has 38 heavy (non-hydrogen) atoms. The van der Waals surface area contributed by atoms with Gasteiger partial charge >= 0.3 is 6.18 Å². The molecule has 202 valence electrons. The quantitative estimate of drug-likeness (QED) is 0.123. The number of alkyl halides is 4. The fraction of sp³-hybridized carbons (Fsp3) is 0.148. The van der Waals surface area contributed by atoms with Crippen molar-refractivity contribution in [3.8, 4) is 0 Å². The number of aldehydes is 1. The number of hydrogen-bond acceptors (Lipinski definition) is 4. The van der Waals surface area contributed by atoms with Gasteiger partial charge < -0.3 is 16.4 Å². The Morgan fingerprint density at radius 3 is 2.34 bits per heavy atom. The van der Waals surface area contributed by atoms with E-state index >= 15 is 0 Å². The van der Waals surface area contributed by atoms with Gasteiger partial charge in [0.05, 0.1) is 5.56 Å². The summed E-state index contributed by atoms with van der Waals surface area (Å²) in [6, 6.07) is 17.7. The summed E-state index contributed by atoms with van der Waals surface area (Å²) < 4.78 is 37.2. The van der Waals surface area contributed by atoms with Crippen molar-refractivity contribution in [3.05, 3.63) is 106 Å². The van der Waals surface area contributed by atoms with Crippen LogP contribution in [0.15, 0.2) is 84.0 Å². The number of nitrogens with zero attached hydrogens (tertiary/aromatic N) is 1. The van der Waals surface area contributed by atoms with Crippen LogP contribution in [0.5, 0.6) is 0 Å². The van der Waals surface area contributed by atoms with Crippen LogP contribution in [0.25, 0.3) is 0 Å². The predicted octanol–water partition coefficient (Wildman–Crippen LogP) is 7.07. The molecule has 0 bridgehead atoms. The average molecular weight is 567 g/mol. The largest absolute Gasteiger partial charge is 0.416 e. The number of anilines is 2. The summed E-state index contributed by atoms with van der Waals surface area (Å²) >= 11 is 11.3. The second-order valence-corrected chi connectivity index (χ2v) is 8.13. The van der Waals surface area contributed by atoms with E-state index in [2.05, 4.69) is 15.6 Å². The fourth-order valence-electron chi connectivity index (χ4n) is 2.77. The van der Waals surface area contributed by atoms with Gasteiger partial charge in [0.2, 0.25) is 6.41 Å². The van der Waals surface area contributed by atoms with E-state index in [9.17, 15) is 22.8 Å². The molecule has 1 amide bonds. The number of amides is 1. The van der Waals surface area contributed by atoms with Crippen molar-refractivity contribution < 1.29 is 22.8 Å². The smallest absolute Gasteiger partial charge is 0.388 e. The number of benzene rings is 3. The van der Waals surface area contributed by atoms with Crippen LogP contribution < -0.4 is 16.4 Å². The molecule has 11 heteroatoms. The Kier molecular flexibility index (Phi) is 14.3. The number of nitrogens with two attached hydrogens (primary N) is 1. The normalized spacial score (nSPS) is 11.0. The van der Waals surface area contributed by atoms with Gasteiger partial charge in [0.15, 0.2) is 0 Å². The molecular weight excluding hydrogens is 540 g/mol. The monoisotopic (exact) mass is 566 g/mol. The molecule has 0 saturated carbocycles. The van der Waals surface area contributed by atoms with Gasteiger partial charge in [-0.3, -0.25) is 9.59 Å². The molecule has 6 nitrogen and oxygen atoms in total. The highest BCUT2D eigenvalue weighted by Gasteiger charge is 2.30. The van der Waals surface area contributed by atoms with Gasteiger partial charge in [-0.2, -0.15) is 18.2 Å². The molecule has 3 aromatic carbocycles. The molecule has 4 N–H and O–H groups in total. The van der Waals surface area contributed by atoms with Gasteiger partial charge in [-0.1, -0.05) is 35.9 Å². The first-order chi connectivity index (χ1) is 18.0. The van der Waals surface area contributed by atoms with E-state index in [1.807, 2.05) is 44.3 Å². The molecule has 3 rings (SSSR count). The Labute approximate surface area is 229 Å². The second-order valence-electron chi connectivity index (χ2n) is 7.42. The second kappa shape index (κ2) is 16.8. The number of rotatable bonds is 7. The first-order valence-electron chi connectivity index (χ1n) is 10.9. The lowest BCUT2D eigenvalue weighted by Crippen LogP contribution is -2.08. The molecule has 0 radical (unpaired) electrons. The molecule has 0 atom stereocenters. The molecule has 0 heterocycles. The molecule has 0 unspecified atom stereocenters. The minimum Gasteiger partial charge on any atom is -0.388 e. The lowest BCUT2D eigenvalue weighted by molar-refractivity contribution is -0.137. The fourth-order valence-corrected chi connectivity index (χ4v) is 3.16. The maximum atomic E-state index is 12.4. The number of aliphatic imine (C=N–C) groups is 1. The third kappa shape index (κ3) is 12.4. The lowest BCUT2D eigenvalue weighted by atomic mass is 10.2. The Morgan fingerprint density at radius 2 is 1.76 bits per heavy atom. The van der Waals surface area contributed by atoms with E-state index in [0.717, 1.165) is 34.7 Å². The molecule has 0 aliphatic rings. The Bertz CT molecular complexity index is 1250. The summed E-state index contributed by atoms with van der Waals surface area (Å²) in [4.78, 5) is 23.4. The third-order valence-electron chi connectivity index (χ3n) is 4.59. The van der Waals surface area contributed by atoms with Crippen molar-refractivity contribution >= 4 is 53.1 Å². The van der Waals surface area contributed by atoms with Crippen molar-refractivity contribution in [2.45, 2.75) is 19.0 Å². The first kappa shape index (κ1) is 32.2. The van der Waals surface area contributed by atoms with Crippen LogP contribution >= 0.6 is 23.2 Å². The number of nitrogens with one attached hydrogen (secondary N) is 2. The molecule has 0 aliphatic carbocycles. The van der Waals surface area contributed by atoms with E-state index in [4.69, 9.17) is 28.9 Å². The highest BCUT2D eigenvalue weighted by molar-refractivity contribution is 6.30. The van der Waals surface area contributed by atoms with E-state index < -0.39 is 11.7 Å². The van der Waals surface area contributed by atoms with Gasteiger partial charge in [-0.15, -0.1) is 11.6 Å². The molecular formula is C27H27Cl2F3N4O2. The zero-order valence-electron chi connectivity index (χ0n) is 20.6. The Hall–Kier alpha value is -3.82. The predicted molar refractivity (Wildman–Crippen MR) is 149 cm³/mol. The summed E-state index contributed by atoms with van der Waals surface area (Å²) in [5, 5.41) is 6.44. The molecule has 0 aromatic heterocycles. The number of carbonyl (C=O) groups is 2. The molecule has 0 saturated heterocycles. The highest BCUT2D eigenvalue weighted by Crippen LogP contribution is 2.30. The Morgan fingerprint density at radius 1 is 1.05 bits per heavy atom. The van der Waals surface area contributed by atoms with E-state index in [1.165, 1.54) is 30.0 Å². The zero-order chi connectivity index (χ0) is 28.6.